The van der Waals surface area contributed by atoms with E-state index >= 15 is 0 Å². The van der Waals surface area contributed by atoms with Gasteiger partial charge in [-0.2, -0.15) is 0 Å². The normalized spacial score (nSPS) is 11.5. The van der Waals surface area contributed by atoms with Crippen molar-refractivity contribution in [2.45, 2.75) is 13.0 Å². The van der Waals surface area contributed by atoms with Crippen molar-refractivity contribution in [3.63, 3.8) is 0 Å². The van der Waals surface area contributed by atoms with Crippen molar-refractivity contribution >= 4 is 23.6 Å². The van der Waals surface area contributed by atoms with Gasteiger partial charge in [-0.3, -0.25) is 4.79 Å². The molecular weight excluding hydrogens is 422 g/mol. The maximum absolute atomic E-state index is 12.4. The molecule has 0 saturated carbocycles. The van der Waals surface area contributed by atoms with Crippen LogP contribution in [-0.2, 0) is 14.3 Å². The Labute approximate surface area is 192 Å². The highest BCUT2D eigenvalue weighted by atomic mass is 16.5. The first-order chi connectivity index (χ1) is 16.0. The van der Waals surface area contributed by atoms with Crippen molar-refractivity contribution < 1.29 is 28.5 Å². The van der Waals surface area contributed by atoms with Crippen LogP contribution in [0.15, 0.2) is 78.9 Å². The summed E-state index contributed by atoms with van der Waals surface area (Å²) < 4.78 is 21.5. The minimum absolute atomic E-state index is 0.451. The summed E-state index contributed by atoms with van der Waals surface area (Å²) in [6.07, 6.45) is 1.78. The highest BCUT2D eigenvalue weighted by Crippen LogP contribution is 2.31. The number of para-hydroxylation sites is 2. The quantitative estimate of drug-likeness (QED) is 0.364. The van der Waals surface area contributed by atoms with Crippen molar-refractivity contribution in [2.75, 3.05) is 19.5 Å². The van der Waals surface area contributed by atoms with Gasteiger partial charge in [0, 0.05) is 17.3 Å². The van der Waals surface area contributed by atoms with E-state index in [1.807, 2.05) is 30.3 Å². The topological polar surface area (TPSA) is 83.1 Å². The molecule has 0 heterocycles. The van der Waals surface area contributed by atoms with Gasteiger partial charge in [0.05, 0.1) is 14.2 Å². The maximum atomic E-state index is 12.4. The molecule has 0 aliphatic carbocycles. The number of hydrogen-bond acceptors (Lipinski definition) is 6. The molecule has 0 bridgehead atoms. The van der Waals surface area contributed by atoms with E-state index in [2.05, 4.69) is 5.32 Å². The summed E-state index contributed by atoms with van der Waals surface area (Å²) in [5.41, 5.74) is 1.20. The van der Waals surface area contributed by atoms with Gasteiger partial charge in [0.1, 0.15) is 11.5 Å². The van der Waals surface area contributed by atoms with Crippen LogP contribution >= 0.6 is 0 Å². The molecule has 7 heteroatoms. The largest absolute Gasteiger partial charge is 0.493 e. The van der Waals surface area contributed by atoms with Crippen LogP contribution in [0.1, 0.15) is 12.5 Å². The summed E-state index contributed by atoms with van der Waals surface area (Å²) in [7, 11) is 3.05. The second-order valence-corrected chi connectivity index (χ2v) is 6.92. The number of amides is 1. The number of rotatable bonds is 9. The van der Waals surface area contributed by atoms with E-state index in [1.54, 1.807) is 48.5 Å². The Balaban J connectivity index is 1.54. The van der Waals surface area contributed by atoms with Crippen molar-refractivity contribution in [1.29, 1.82) is 0 Å². The Bertz CT molecular complexity index is 1110. The van der Waals surface area contributed by atoms with E-state index in [4.69, 9.17) is 18.9 Å². The van der Waals surface area contributed by atoms with Crippen LogP contribution in [0.2, 0.25) is 0 Å². The summed E-state index contributed by atoms with van der Waals surface area (Å²) in [6.45, 7) is 1.50. The smallest absolute Gasteiger partial charge is 0.331 e. The van der Waals surface area contributed by atoms with E-state index in [-0.39, 0.29) is 0 Å². The van der Waals surface area contributed by atoms with Crippen LogP contribution in [0.5, 0.6) is 23.0 Å². The third kappa shape index (κ3) is 6.61. The summed E-state index contributed by atoms with van der Waals surface area (Å²) in [6, 6.07) is 21.6. The molecule has 0 saturated heterocycles. The SMILES string of the molecule is COc1cccc(/C=C/C(=O)O[C@@H](C)C(=O)Nc2ccc(Oc3ccccc3)cc2)c1OC. The molecule has 0 aromatic heterocycles. The van der Waals surface area contributed by atoms with Gasteiger partial charge in [-0.15, -0.1) is 0 Å². The van der Waals surface area contributed by atoms with E-state index in [1.165, 1.54) is 27.2 Å². The van der Waals surface area contributed by atoms with Gasteiger partial charge in [-0.1, -0.05) is 30.3 Å². The third-order valence-electron chi connectivity index (χ3n) is 4.60. The molecule has 0 unspecified atom stereocenters. The number of carbonyl (C=O) groups is 2. The molecule has 3 aromatic carbocycles. The molecule has 1 amide bonds. The van der Waals surface area contributed by atoms with Gasteiger partial charge in [-0.05, 0) is 55.5 Å². The van der Waals surface area contributed by atoms with Crippen LogP contribution < -0.4 is 19.5 Å². The van der Waals surface area contributed by atoms with Gasteiger partial charge in [0.15, 0.2) is 17.6 Å². The first-order valence-electron chi connectivity index (χ1n) is 10.2. The molecule has 1 atom stereocenters. The van der Waals surface area contributed by atoms with Crippen molar-refractivity contribution in [3.8, 4) is 23.0 Å². The standard InChI is InChI=1S/C26H25NO6/c1-18(32-24(28)17-12-19-8-7-11-23(30-2)25(19)31-3)26(29)27-20-13-15-22(16-14-20)33-21-9-5-4-6-10-21/h4-18H,1-3H3,(H,27,29)/b17-12+/t18-/m0/s1. The number of benzene rings is 3. The second kappa shape index (κ2) is 11.4. The van der Waals surface area contributed by atoms with Crippen LogP contribution in [0, 0.1) is 0 Å². The van der Waals surface area contributed by atoms with Gasteiger partial charge < -0.3 is 24.3 Å². The highest BCUT2D eigenvalue weighted by Gasteiger charge is 2.17. The minimum Gasteiger partial charge on any atom is -0.493 e. The number of anilines is 1. The summed E-state index contributed by atoms with van der Waals surface area (Å²) in [4.78, 5) is 24.6. The Kier molecular flexibility index (Phi) is 8.07. The zero-order valence-electron chi connectivity index (χ0n) is 18.6. The van der Waals surface area contributed by atoms with Crippen LogP contribution in [0.4, 0.5) is 5.69 Å². The van der Waals surface area contributed by atoms with Crippen LogP contribution in [0.25, 0.3) is 6.08 Å². The highest BCUT2D eigenvalue weighted by molar-refractivity contribution is 5.96. The Morgan fingerprint density at radius 1 is 0.848 bits per heavy atom. The number of hydrogen-bond donors (Lipinski definition) is 1. The van der Waals surface area contributed by atoms with Crippen molar-refractivity contribution in [3.05, 3.63) is 84.4 Å². The molecule has 1 N–H and O–H groups in total. The Morgan fingerprint density at radius 2 is 1.55 bits per heavy atom. The molecule has 0 aliphatic heterocycles. The number of carbonyl (C=O) groups excluding carboxylic acids is 2. The average molecular weight is 447 g/mol. The fourth-order valence-corrected chi connectivity index (χ4v) is 2.94. The molecular formula is C26H25NO6. The van der Waals surface area contributed by atoms with Crippen LogP contribution in [0.3, 0.4) is 0 Å². The lowest BCUT2D eigenvalue weighted by molar-refractivity contribution is -0.148. The maximum Gasteiger partial charge on any atom is 0.331 e. The first-order valence-corrected chi connectivity index (χ1v) is 10.2. The second-order valence-electron chi connectivity index (χ2n) is 6.92. The number of ether oxygens (including phenoxy) is 4. The zero-order valence-corrected chi connectivity index (χ0v) is 18.6. The minimum atomic E-state index is -0.991. The molecule has 3 rings (SSSR count). The first kappa shape index (κ1) is 23.4. The lowest BCUT2D eigenvalue weighted by Crippen LogP contribution is -2.29. The van der Waals surface area contributed by atoms with E-state index in [0.717, 1.165) is 5.75 Å². The number of methoxy groups -OCH3 is 2. The van der Waals surface area contributed by atoms with Gasteiger partial charge in [0.2, 0.25) is 0 Å². The number of esters is 1. The lowest BCUT2D eigenvalue weighted by atomic mass is 10.1. The van der Waals surface area contributed by atoms with Crippen LogP contribution in [-0.4, -0.2) is 32.2 Å². The molecule has 170 valence electrons. The molecule has 0 fully saturated rings. The van der Waals surface area contributed by atoms with Crippen molar-refractivity contribution in [1.82, 2.24) is 0 Å². The summed E-state index contributed by atoms with van der Waals surface area (Å²) in [5, 5.41) is 2.71. The number of nitrogens with one attached hydrogen (secondary N) is 1. The predicted octanol–water partition coefficient (Wildman–Crippen LogP) is 5.08. The molecule has 7 nitrogen and oxygen atoms in total. The molecule has 0 spiro atoms. The predicted molar refractivity (Wildman–Crippen MR) is 126 cm³/mol. The van der Waals surface area contributed by atoms with Gasteiger partial charge in [-0.25, -0.2) is 4.79 Å². The lowest BCUT2D eigenvalue weighted by Gasteiger charge is -2.13. The summed E-state index contributed by atoms with van der Waals surface area (Å²) in [5.74, 6) is 1.28. The molecule has 3 aromatic rings. The third-order valence-corrected chi connectivity index (χ3v) is 4.60. The summed E-state index contributed by atoms with van der Waals surface area (Å²) >= 11 is 0. The van der Waals surface area contributed by atoms with Gasteiger partial charge in [0.25, 0.3) is 5.91 Å². The fourth-order valence-electron chi connectivity index (χ4n) is 2.94. The van der Waals surface area contributed by atoms with E-state index in [0.29, 0.717) is 28.5 Å². The monoisotopic (exact) mass is 447 g/mol. The Hall–Kier alpha value is -4.26. The van der Waals surface area contributed by atoms with E-state index in [9.17, 15) is 9.59 Å². The average Bonchev–Trinajstić information content (AvgIpc) is 2.84. The molecule has 0 aliphatic rings. The Morgan fingerprint density at radius 3 is 2.21 bits per heavy atom. The van der Waals surface area contributed by atoms with Crippen molar-refractivity contribution in [2.24, 2.45) is 0 Å². The zero-order chi connectivity index (χ0) is 23.6. The fraction of sp³-hybridized carbons (Fsp3) is 0.154. The van der Waals surface area contributed by atoms with E-state index < -0.39 is 18.0 Å². The molecule has 0 radical (unpaired) electrons. The molecule has 33 heavy (non-hydrogen) atoms. The van der Waals surface area contributed by atoms with Gasteiger partial charge >= 0.3 is 5.97 Å².